The van der Waals surface area contributed by atoms with Crippen LogP contribution in [0.1, 0.15) is 37.8 Å². The molecule has 1 spiro atoms. The summed E-state index contributed by atoms with van der Waals surface area (Å²) >= 11 is 0. The van der Waals surface area contributed by atoms with Crippen molar-refractivity contribution in [1.29, 1.82) is 5.26 Å². The molecule has 8 heteroatoms. The Labute approximate surface area is 205 Å². The van der Waals surface area contributed by atoms with Gasteiger partial charge in [-0.25, -0.2) is 4.79 Å². The molecule has 35 heavy (non-hydrogen) atoms. The number of hydrogen-bond acceptors (Lipinski definition) is 5. The number of anilines is 1. The molecule has 1 fully saturated rings. The Hall–Kier alpha value is -3.86. The van der Waals surface area contributed by atoms with Gasteiger partial charge in [-0.2, -0.15) is 5.26 Å². The van der Waals surface area contributed by atoms with Crippen LogP contribution in [-0.4, -0.2) is 53.4 Å². The minimum atomic E-state index is -0.971. The quantitative estimate of drug-likeness (QED) is 0.688. The van der Waals surface area contributed by atoms with Gasteiger partial charge in [-0.05, 0) is 29.5 Å². The molecule has 2 heterocycles. The Morgan fingerprint density at radius 3 is 2.57 bits per heavy atom. The van der Waals surface area contributed by atoms with Gasteiger partial charge in [-0.15, -0.1) is 0 Å². The molecule has 3 atom stereocenters. The van der Waals surface area contributed by atoms with Gasteiger partial charge in [0, 0.05) is 25.7 Å². The predicted octanol–water partition coefficient (Wildman–Crippen LogP) is 3.68. The van der Waals surface area contributed by atoms with Crippen LogP contribution >= 0.6 is 0 Å². The maximum absolute atomic E-state index is 13.8. The lowest BCUT2D eigenvalue weighted by molar-refractivity contribution is -0.137. The molecule has 0 radical (unpaired) electrons. The molecule has 1 unspecified atom stereocenters. The molecule has 2 aromatic rings. The molecule has 0 aliphatic carbocycles. The molecule has 1 saturated heterocycles. The number of rotatable bonds is 6. The van der Waals surface area contributed by atoms with E-state index in [0.29, 0.717) is 12.1 Å². The monoisotopic (exact) mass is 474 g/mol. The highest BCUT2D eigenvalue weighted by Gasteiger charge is 2.56. The van der Waals surface area contributed by atoms with Gasteiger partial charge in [0.15, 0.2) is 0 Å². The average Bonchev–Trinajstić information content (AvgIpc) is 3.39. The average molecular weight is 475 g/mol. The number of hydrogen-bond donors (Lipinski definition) is 1. The molecule has 182 valence electrons. The highest BCUT2D eigenvalue weighted by Crippen LogP contribution is 2.46. The zero-order chi connectivity index (χ0) is 25.2. The van der Waals surface area contributed by atoms with Crippen molar-refractivity contribution in [2.24, 2.45) is 5.92 Å². The molecule has 8 nitrogen and oxygen atoms in total. The third kappa shape index (κ3) is 4.59. The Morgan fingerprint density at radius 1 is 1.20 bits per heavy atom. The van der Waals surface area contributed by atoms with Crippen molar-refractivity contribution in [3.05, 3.63) is 65.7 Å². The van der Waals surface area contributed by atoms with Gasteiger partial charge in [-0.3, -0.25) is 14.5 Å². The van der Waals surface area contributed by atoms with Crippen molar-refractivity contribution in [2.75, 3.05) is 18.9 Å². The second kappa shape index (κ2) is 9.79. The van der Waals surface area contributed by atoms with Crippen LogP contribution in [0.25, 0.3) is 0 Å². The molecule has 0 saturated carbocycles. The lowest BCUT2D eigenvalue weighted by atomic mass is 9.80. The second-order valence-electron chi connectivity index (χ2n) is 9.69. The van der Waals surface area contributed by atoms with Gasteiger partial charge in [0.25, 0.3) is 0 Å². The van der Waals surface area contributed by atoms with E-state index in [2.05, 4.69) is 11.4 Å². The summed E-state index contributed by atoms with van der Waals surface area (Å²) in [7, 11) is 1.54. The second-order valence-corrected chi connectivity index (χ2v) is 9.69. The summed E-state index contributed by atoms with van der Waals surface area (Å²) in [5.41, 5.74) is 1.39. The summed E-state index contributed by atoms with van der Waals surface area (Å²) in [5, 5.41) is 12.8. The molecule has 2 aromatic carbocycles. The van der Waals surface area contributed by atoms with E-state index >= 15 is 0 Å². The van der Waals surface area contributed by atoms with Crippen molar-refractivity contribution in [2.45, 2.75) is 50.8 Å². The van der Waals surface area contributed by atoms with Gasteiger partial charge >= 0.3 is 6.09 Å². The van der Waals surface area contributed by atoms with Crippen LogP contribution in [0.5, 0.6) is 0 Å². The number of nitrogens with zero attached hydrogens (tertiary/aromatic N) is 3. The first-order chi connectivity index (χ1) is 16.8. The molecule has 4 rings (SSSR count). The van der Waals surface area contributed by atoms with Crippen molar-refractivity contribution in [1.82, 2.24) is 9.80 Å². The number of amides is 3. The number of nitrogens with one attached hydrogen (secondary N) is 1. The fourth-order valence-electron chi connectivity index (χ4n) is 5.00. The SMILES string of the molecule is CC(C)C[C@@H](C(=O)N1C[C@]2(CC1C#N)C(=O)Nc1ccccc12)N(C)C(=O)OCc1ccccc1. The molecule has 0 aromatic heterocycles. The normalized spacial score (nSPS) is 21.4. The zero-order valence-corrected chi connectivity index (χ0v) is 20.2. The summed E-state index contributed by atoms with van der Waals surface area (Å²) in [6, 6.07) is 17.3. The fourth-order valence-corrected chi connectivity index (χ4v) is 5.00. The number of carbonyl (C=O) groups excluding carboxylic acids is 3. The Balaban J connectivity index is 1.56. The van der Waals surface area contributed by atoms with E-state index in [0.717, 1.165) is 11.1 Å². The highest BCUT2D eigenvalue weighted by molar-refractivity contribution is 6.07. The van der Waals surface area contributed by atoms with Crippen molar-refractivity contribution < 1.29 is 19.1 Å². The van der Waals surface area contributed by atoms with Crippen LogP contribution in [0.2, 0.25) is 0 Å². The number of likely N-dealkylation sites (tertiary alicyclic amines) is 1. The molecule has 3 amide bonds. The van der Waals surface area contributed by atoms with Crippen LogP contribution in [0, 0.1) is 17.2 Å². The summed E-state index contributed by atoms with van der Waals surface area (Å²) in [4.78, 5) is 42.5. The van der Waals surface area contributed by atoms with Crippen molar-refractivity contribution in [3.8, 4) is 6.07 Å². The topological polar surface area (TPSA) is 103 Å². The first-order valence-corrected chi connectivity index (χ1v) is 11.8. The highest BCUT2D eigenvalue weighted by atomic mass is 16.6. The van der Waals surface area contributed by atoms with Crippen LogP contribution in [0.15, 0.2) is 54.6 Å². The summed E-state index contributed by atoms with van der Waals surface area (Å²) in [6.45, 7) is 4.13. The minimum Gasteiger partial charge on any atom is -0.445 e. The van der Waals surface area contributed by atoms with Gasteiger partial charge in [0.05, 0.1) is 11.5 Å². The summed E-state index contributed by atoms with van der Waals surface area (Å²) in [5.74, 6) is -0.440. The Bertz CT molecular complexity index is 1160. The Morgan fingerprint density at radius 2 is 1.89 bits per heavy atom. The van der Waals surface area contributed by atoms with Gasteiger partial charge in [0.1, 0.15) is 18.7 Å². The number of likely N-dealkylation sites (N-methyl/N-ethyl adjacent to an activating group) is 1. The molecule has 0 bridgehead atoms. The summed E-state index contributed by atoms with van der Waals surface area (Å²) < 4.78 is 5.46. The number of para-hydroxylation sites is 1. The van der Waals surface area contributed by atoms with E-state index < -0.39 is 23.6 Å². The molecule has 2 aliphatic rings. The van der Waals surface area contributed by atoms with Crippen LogP contribution in [-0.2, 0) is 26.3 Å². The first kappa shape index (κ1) is 24.3. The largest absolute Gasteiger partial charge is 0.445 e. The lowest BCUT2D eigenvalue weighted by Gasteiger charge is -2.32. The van der Waals surface area contributed by atoms with Crippen LogP contribution in [0.3, 0.4) is 0 Å². The van der Waals surface area contributed by atoms with Crippen molar-refractivity contribution >= 4 is 23.6 Å². The van der Waals surface area contributed by atoms with Gasteiger partial charge in [0.2, 0.25) is 11.8 Å². The predicted molar refractivity (Wildman–Crippen MR) is 130 cm³/mol. The van der Waals surface area contributed by atoms with E-state index in [1.807, 2.05) is 68.4 Å². The molecule has 1 N–H and O–H groups in total. The number of nitriles is 1. The third-order valence-corrected chi connectivity index (χ3v) is 6.86. The van der Waals surface area contributed by atoms with E-state index in [1.165, 1.54) is 9.80 Å². The van der Waals surface area contributed by atoms with Gasteiger partial charge < -0.3 is 15.0 Å². The molecular formula is C27H30N4O4. The maximum atomic E-state index is 13.8. The third-order valence-electron chi connectivity index (χ3n) is 6.86. The van der Waals surface area contributed by atoms with Crippen LogP contribution < -0.4 is 5.32 Å². The number of fused-ring (bicyclic) bond motifs is 2. The fraction of sp³-hybridized carbons (Fsp3) is 0.407. The van der Waals surface area contributed by atoms with E-state index in [1.54, 1.807) is 7.05 Å². The minimum absolute atomic E-state index is 0.0917. The van der Waals surface area contributed by atoms with E-state index in [4.69, 9.17) is 4.74 Å². The molecular weight excluding hydrogens is 444 g/mol. The maximum Gasteiger partial charge on any atom is 0.410 e. The van der Waals surface area contributed by atoms with E-state index in [-0.39, 0.29) is 37.3 Å². The van der Waals surface area contributed by atoms with Gasteiger partial charge in [-0.1, -0.05) is 62.4 Å². The molecule has 2 aliphatic heterocycles. The lowest BCUT2D eigenvalue weighted by Crippen LogP contribution is -2.52. The first-order valence-electron chi connectivity index (χ1n) is 11.8. The summed E-state index contributed by atoms with van der Waals surface area (Å²) in [6.07, 6.45) is 0.00807. The Kier molecular flexibility index (Phi) is 6.79. The van der Waals surface area contributed by atoms with E-state index in [9.17, 15) is 19.6 Å². The standard InChI is InChI=1S/C27H30N4O4/c1-18(2)13-23(30(3)26(34)35-16-19-9-5-4-6-10-19)24(32)31-17-27(14-20(31)15-28)21-11-7-8-12-22(21)29-25(27)33/h4-12,18,20,23H,13-14,16-17H2,1-3H3,(H,29,33)/t20?,23-,27-/m0/s1. The number of carbonyl (C=O) groups is 3. The van der Waals surface area contributed by atoms with Crippen LogP contribution in [0.4, 0.5) is 10.5 Å². The van der Waals surface area contributed by atoms with Crippen molar-refractivity contribution in [3.63, 3.8) is 0 Å². The zero-order valence-electron chi connectivity index (χ0n) is 20.2. The number of ether oxygens (including phenoxy) is 1. The smallest absolute Gasteiger partial charge is 0.410 e. The number of benzene rings is 2.